The zero-order valence-electron chi connectivity index (χ0n) is 16.9. The fraction of sp³-hybridized carbons (Fsp3) is 0.350. The molecule has 3 aromatic rings. The number of benzene rings is 1. The van der Waals surface area contributed by atoms with Gasteiger partial charge < -0.3 is 14.5 Å². The van der Waals surface area contributed by atoms with Crippen LogP contribution in [-0.4, -0.2) is 54.1 Å². The molecule has 0 amide bonds. The number of thiophene rings is 1. The molecule has 1 aliphatic heterocycles. The molecule has 0 N–H and O–H groups in total. The van der Waals surface area contributed by atoms with Gasteiger partial charge in [0.1, 0.15) is 22.5 Å². The van der Waals surface area contributed by atoms with Crippen molar-refractivity contribution < 1.29 is 14.5 Å². The van der Waals surface area contributed by atoms with Crippen LogP contribution in [0.5, 0.6) is 0 Å². The standard InChI is InChI=1S/C20H21N5O4S/c1-12-8-14(10-15(20(26)29-3)17(12)25(27)28)23-4-6-24(7-5-23)18-16-9-13(2)30-19(16)22-11-21-18/h8-11H,4-7H2,1-3H3. The Balaban J connectivity index is 1.59. The summed E-state index contributed by atoms with van der Waals surface area (Å²) in [6, 6.07) is 5.42. The molecule has 0 spiro atoms. The molecule has 1 saturated heterocycles. The van der Waals surface area contributed by atoms with Gasteiger partial charge >= 0.3 is 5.97 Å². The molecule has 9 nitrogen and oxygen atoms in total. The van der Waals surface area contributed by atoms with Gasteiger partial charge in [-0.2, -0.15) is 0 Å². The molecule has 0 bridgehead atoms. The van der Waals surface area contributed by atoms with E-state index < -0.39 is 10.9 Å². The predicted molar refractivity (Wildman–Crippen MR) is 116 cm³/mol. The fourth-order valence-corrected chi connectivity index (χ4v) is 4.68. The molecular formula is C20H21N5O4S. The Morgan fingerprint density at radius 3 is 2.50 bits per heavy atom. The number of fused-ring (bicyclic) bond motifs is 1. The number of aromatic nitrogens is 2. The molecular weight excluding hydrogens is 406 g/mol. The van der Waals surface area contributed by atoms with Crippen molar-refractivity contribution in [2.45, 2.75) is 13.8 Å². The molecule has 1 fully saturated rings. The minimum absolute atomic E-state index is 0.0220. The summed E-state index contributed by atoms with van der Waals surface area (Å²) in [7, 11) is 1.22. The van der Waals surface area contributed by atoms with Crippen molar-refractivity contribution in [2.75, 3.05) is 43.1 Å². The molecule has 0 unspecified atom stereocenters. The van der Waals surface area contributed by atoms with Gasteiger partial charge in [0.15, 0.2) is 0 Å². The fourth-order valence-electron chi connectivity index (χ4n) is 3.84. The number of carbonyl (C=O) groups is 1. The molecule has 0 saturated carbocycles. The van der Waals surface area contributed by atoms with Crippen LogP contribution in [0.15, 0.2) is 24.5 Å². The minimum atomic E-state index is -0.707. The summed E-state index contributed by atoms with van der Waals surface area (Å²) in [5.41, 5.74) is 0.982. The minimum Gasteiger partial charge on any atom is -0.465 e. The number of nitro benzene ring substituents is 1. The zero-order chi connectivity index (χ0) is 21.4. The number of nitrogens with zero attached hydrogens (tertiary/aromatic N) is 5. The highest BCUT2D eigenvalue weighted by Gasteiger charge is 2.27. The molecule has 3 heterocycles. The summed E-state index contributed by atoms with van der Waals surface area (Å²) in [4.78, 5) is 38.4. The number of aryl methyl sites for hydroxylation is 2. The van der Waals surface area contributed by atoms with Gasteiger partial charge in [0.05, 0.1) is 17.4 Å². The number of hydrogen-bond donors (Lipinski definition) is 0. The highest BCUT2D eigenvalue weighted by Crippen LogP contribution is 2.33. The van der Waals surface area contributed by atoms with E-state index in [1.54, 1.807) is 36.7 Å². The van der Waals surface area contributed by atoms with Gasteiger partial charge in [-0.1, -0.05) is 0 Å². The van der Waals surface area contributed by atoms with Crippen molar-refractivity contribution in [3.05, 3.63) is 50.6 Å². The van der Waals surface area contributed by atoms with Crippen LogP contribution >= 0.6 is 11.3 Å². The smallest absolute Gasteiger partial charge is 0.344 e. The Morgan fingerprint density at radius 2 is 1.83 bits per heavy atom. The second-order valence-corrected chi connectivity index (χ2v) is 8.39. The highest BCUT2D eigenvalue weighted by atomic mass is 32.1. The van der Waals surface area contributed by atoms with Crippen molar-refractivity contribution in [1.82, 2.24) is 9.97 Å². The van der Waals surface area contributed by atoms with Crippen molar-refractivity contribution in [1.29, 1.82) is 0 Å². The predicted octanol–water partition coefficient (Wildman–Crippen LogP) is 3.33. The van der Waals surface area contributed by atoms with E-state index >= 15 is 0 Å². The maximum absolute atomic E-state index is 12.1. The van der Waals surface area contributed by atoms with Crippen molar-refractivity contribution in [2.24, 2.45) is 0 Å². The Hall–Kier alpha value is -3.27. The van der Waals surface area contributed by atoms with Crippen LogP contribution in [0.1, 0.15) is 20.8 Å². The first-order valence-electron chi connectivity index (χ1n) is 9.47. The van der Waals surface area contributed by atoms with Crippen LogP contribution in [0, 0.1) is 24.0 Å². The van der Waals surface area contributed by atoms with Crippen LogP contribution in [-0.2, 0) is 4.74 Å². The van der Waals surface area contributed by atoms with Crippen molar-refractivity contribution in [3.63, 3.8) is 0 Å². The second-order valence-electron chi connectivity index (χ2n) is 7.15. The Bertz CT molecular complexity index is 1140. The maximum atomic E-state index is 12.1. The lowest BCUT2D eigenvalue weighted by Gasteiger charge is -2.37. The lowest BCUT2D eigenvalue weighted by Crippen LogP contribution is -2.47. The van der Waals surface area contributed by atoms with E-state index in [9.17, 15) is 14.9 Å². The number of anilines is 2. The van der Waals surface area contributed by atoms with Gasteiger partial charge in [0.2, 0.25) is 0 Å². The molecule has 156 valence electrons. The summed E-state index contributed by atoms with van der Waals surface area (Å²) >= 11 is 1.65. The van der Waals surface area contributed by atoms with Gasteiger partial charge in [-0.3, -0.25) is 10.1 Å². The monoisotopic (exact) mass is 427 g/mol. The summed E-state index contributed by atoms with van der Waals surface area (Å²) in [5, 5.41) is 12.5. The second kappa shape index (κ2) is 7.86. The summed E-state index contributed by atoms with van der Waals surface area (Å²) in [6.07, 6.45) is 1.60. The number of hydrogen-bond acceptors (Lipinski definition) is 9. The number of ether oxygens (including phenoxy) is 1. The van der Waals surface area contributed by atoms with Crippen LogP contribution in [0.3, 0.4) is 0 Å². The molecule has 10 heteroatoms. The molecule has 0 atom stereocenters. The third-order valence-electron chi connectivity index (χ3n) is 5.25. The van der Waals surface area contributed by atoms with E-state index in [2.05, 4.69) is 32.8 Å². The number of nitro groups is 1. The first kappa shape index (κ1) is 20.0. The van der Waals surface area contributed by atoms with E-state index in [1.165, 1.54) is 12.0 Å². The molecule has 2 aromatic heterocycles. The Labute approximate surface area is 177 Å². The van der Waals surface area contributed by atoms with E-state index in [1.807, 2.05) is 0 Å². The third-order valence-corrected chi connectivity index (χ3v) is 6.21. The third kappa shape index (κ3) is 3.54. The Kier molecular flexibility index (Phi) is 5.25. The van der Waals surface area contributed by atoms with Gasteiger partial charge in [-0.25, -0.2) is 14.8 Å². The molecule has 4 rings (SSSR count). The van der Waals surface area contributed by atoms with Crippen LogP contribution in [0.4, 0.5) is 17.2 Å². The maximum Gasteiger partial charge on any atom is 0.344 e. The number of methoxy groups -OCH3 is 1. The molecule has 0 aliphatic carbocycles. The number of esters is 1. The van der Waals surface area contributed by atoms with E-state index in [-0.39, 0.29) is 11.3 Å². The normalized spacial score (nSPS) is 14.2. The number of piperazine rings is 1. The van der Waals surface area contributed by atoms with Crippen LogP contribution < -0.4 is 9.80 Å². The van der Waals surface area contributed by atoms with E-state index in [4.69, 9.17) is 4.74 Å². The molecule has 1 aliphatic rings. The van der Waals surface area contributed by atoms with Crippen LogP contribution in [0.2, 0.25) is 0 Å². The Morgan fingerprint density at radius 1 is 1.13 bits per heavy atom. The lowest BCUT2D eigenvalue weighted by molar-refractivity contribution is -0.385. The van der Waals surface area contributed by atoms with E-state index in [0.717, 1.165) is 34.8 Å². The first-order valence-corrected chi connectivity index (χ1v) is 10.3. The summed E-state index contributed by atoms with van der Waals surface area (Å²) < 4.78 is 4.76. The van der Waals surface area contributed by atoms with Gasteiger partial charge in [0.25, 0.3) is 5.69 Å². The van der Waals surface area contributed by atoms with Gasteiger partial charge in [-0.05, 0) is 32.0 Å². The SMILES string of the molecule is COC(=O)c1cc(N2CCN(c3ncnc4sc(C)cc34)CC2)cc(C)c1[N+](=O)[O-]. The molecule has 1 aromatic carbocycles. The average molecular weight is 427 g/mol. The zero-order valence-corrected chi connectivity index (χ0v) is 17.7. The quantitative estimate of drug-likeness (QED) is 0.355. The van der Waals surface area contributed by atoms with Crippen LogP contribution in [0.25, 0.3) is 10.2 Å². The topological polar surface area (TPSA) is 102 Å². The first-order chi connectivity index (χ1) is 14.4. The summed E-state index contributed by atoms with van der Waals surface area (Å²) in [5.74, 6) is 0.223. The van der Waals surface area contributed by atoms with Gasteiger partial charge in [0, 0.05) is 42.3 Å². The van der Waals surface area contributed by atoms with E-state index in [0.29, 0.717) is 18.7 Å². The number of rotatable bonds is 4. The summed E-state index contributed by atoms with van der Waals surface area (Å²) in [6.45, 7) is 6.58. The van der Waals surface area contributed by atoms with Crippen molar-refractivity contribution in [3.8, 4) is 0 Å². The lowest BCUT2D eigenvalue weighted by atomic mass is 10.1. The highest BCUT2D eigenvalue weighted by molar-refractivity contribution is 7.18. The number of carbonyl (C=O) groups excluding carboxylic acids is 1. The largest absolute Gasteiger partial charge is 0.465 e. The van der Waals surface area contributed by atoms with Gasteiger partial charge in [-0.15, -0.1) is 11.3 Å². The average Bonchev–Trinajstić information content (AvgIpc) is 3.12. The molecule has 30 heavy (non-hydrogen) atoms. The molecule has 0 radical (unpaired) electrons. The van der Waals surface area contributed by atoms with Crippen molar-refractivity contribution >= 4 is 44.7 Å².